The second kappa shape index (κ2) is 12.9. The highest BCUT2D eigenvalue weighted by molar-refractivity contribution is 5.43. The molecular weight excluding hydrogens is 263 g/mol. The number of nitrogens with two attached hydrogens (primary N) is 1. The Labute approximate surface area is 112 Å². The summed E-state index contributed by atoms with van der Waals surface area (Å²) in [6, 6.07) is 6.57. The third kappa shape index (κ3) is 10.1. The second-order valence-corrected chi connectivity index (χ2v) is 3.75. The number of halogens is 3. The van der Waals surface area contributed by atoms with Gasteiger partial charge >= 0.3 is 0 Å². The van der Waals surface area contributed by atoms with E-state index in [1.165, 1.54) is 12.1 Å². The quantitative estimate of drug-likeness (QED) is 0.404. The number of hydrogen-bond donors (Lipinski definition) is 5. The average molecular weight is 287 g/mol. The highest BCUT2D eigenvalue weighted by Crippen LogP contribution is 2.12. The molecule has 0 aromatic heterocycles. The largest absolute Gasteiger partial charge is 0.508 e. The Bertz CT molecular complexity index is 305. The normalized spacial score (nSPS) is 13.9. The zero-order chi connectivity index (χ0) is 13.8. The lowest BCUT2D eigenvalue weighted by Gasteiger charge is -2.17. The minimum Gasteiger partial charge on any atom is -0.508 e. The summed E-state index contributed by atoms with van der Waals surface area (Å²) in [7, 11) is 0. The number of nitrogens with one attached hydrogen (secondary N) is 2. The van der Waals surface area contributed by atoms with Gasteiger partial charge in [-0.1, -0.05) is 0 Å². The van der Waals surface area contributed by atoms with Gasteiger partial charge in [0.2, 0.25) is 0 Å². The Kier molecular flexibility index (Phi) is 13.5. The lowest BCUT2D eigenvalue weighted by Crippen LogP contribution is -2.35. The van der Waals surface area contributed by atoms with Gasteiger partial charge in [0.05, 0.1) is 5.69 Å². The molecule has 1 saturated heterocycles. The lowest BCUT2D eigenvalue weighted by atomic mass is 10.1. The zero-order valence-corrected chi connectivity index (χ0v) is 10.4. The van der Waals surface area contributed by atoms with E-state index in [1.54, 1.807) is 12.1 Å². The molecule has 0 spiro atoms. The molecule has 1 aliphatic heterocycles. The Morgan fingerprint density at radius 1 is 1.21 bits per heavy atom. The maximum Gasteiger partial charge on any atom is 0.115 e. The molecule has 0 saturated carbocycles. The molecule has 19 heavy (non-hydrogen) atoms. The maximum atomic E-state index is 8.74. The fourth-order valence-corrected chi connectivity index (χ4v) is 1.38. The van der Waals surface area contributed by atoms with Crippen LogP contribution in [0.3, 0.4) is 0 Å². The summed E-state index contributed by atoms with van der Waals surface area (Å²) in [4.78, 5) is 0. The molecule has 6 N–H and O–H groups in total. The molecule has 0 aliphatic carbocycles. The highest BCUT2D eigenvalue weighted by atomic mass is 20.0. The molecule has 8 heteroatoms. The van der Waals surface area contributed by atoms with Gasteiger partial charge in [-0.15, -0.1) is 0 Å². The summed E-state index contributed by atoms with van der Waals surface area (Å²) < 4.78 is 16.0. The number of benzene rings is 1. The molecule has 0 atom stereocenters. The van der Waals surface area contributed by atoms with Crippen LogP contribution in [0.25, 0.3) is 0 Å². The van der Waals surface area contributed by atoms with E-state index in [0.717, 1.165) is 25.9 Å². The fraction of sp³-hybridized carbons (Fsp3) is 0.455. The van der Waals surface area contributed by atoms with Crippen LogP contribution >= 0.6 is 0 Å². The molecular formula is C11H24F3N3O2. The van der Waals surface area contributed by atoms with E-state index in [2.05, 4.69) is 5.32 Å². The second-order valence-electron chi connectivity index (χ2n) is 3.75. The number of piperidine rings is 1. The van der Waals surface area contributed by atoms with Gasteiger partial charge in [0.15, 0.2) is 0 Å². The Balaban J connectivity index is -0.000000111. The van der Waals surface area contributed by atoms with Crippen molar-refractivity contribution in [2.45, 2.75) is 18.9 Å². The summed E-state index contributed by atoms with van der Waals surface area (Å²) >= 11 is 0. The number of phenolic OH excluding ortho intramolecular Hbond substituents is 1. The summed E-state index contributed by atoms with van der Waals surface area (Å²) in [6.07, 6.45) is 2.31. The zero-order valence-electron chi connectivity index (χ0n) is 10.4. The molecule has 1 aliphatic rings. The van der Waals surface area contributed by atoms with E-state index in [0.29, 0.717) is 11.7 Å². The molecule has 2 rings (SSSR count). The minimum absolute atomic E-state index is 0. The van der Waals surface area contributed by atoms with Crippen LogP contribution in [0.5, 0.6) is 5.75 Å². The van der Waals surface area contributed by atoms with Gasteiger partial charge < -0.3 is 16.2 Å². The molecule has 0 amide bonds. The topological polar surface area (TPSA) is 90.5 Å². The fourth-order valence-electron chi connectivity index (χ4n) is 1.38. The summed E-state index contributed by atoms with van der Waals surface area (Å²) in [5, 5.41) is 20.3. The van der Waals surface area contributed by atoms with Gasteiger partial charge in [0, 0.05) is 18.0 Å². The van der Waals surface area contributed by atoms with Crippen LogP contribution in [-0.4, -0.2) is 29.4 Å². The first kappa shape index (κ1) is 19.8. The summed E-state index contributed by atoms with van der Waals surface area (Å²) in [5.74, 6) is 0.189. The standard InChI is InChI=1S/C6H7NO2.C5H12N2.F2.FH.2H2/c8-6-3-1-5(7-9)2-4-6;6-5-1-3-7-4-2-5;1-2;;;/h1-4,7-9H;5,7H,1-4,6H2;;3*1H. The van der Waals surface area contributed by atoms with Crippen LogP contribution in [-0.2, 0) is 0 Å². The van der Waals surface area contributed by atoms with E-state index < -0.39 is 0 Å². The van der Waals surface area contributed by atoms with Gasteiger partial charge in [-0.2, -0.15) is 0 Å². The molecule has 1 aromatic rings. The molecule has 0 unspecified atom stereocenters. The smallest absolute Gasteiger partial charge is 0.115 e. The number of rotatable bonds is 1. The van der Waals surface area contributed by atoms with Crippen molar-refractivity contribution in [3.63, 3.8) is 0 Å². The molecule has 5 nitrogen and oxygen atoms in total. The predicted molar refractivity (Wildman–Crippen MR) is 72.5 cm³/mol. The molecule has 0 bridgehead atoms. The van der Waals surface area contributed by atoms with E-state index in [4.69, 9.17) is 25.2 Å². The summed E-state index contributed by atoms with van der Waals surface area (Å²) in [6.45, 7) is 2.22. The van der Waals surface area contributed by atoms with Gasteiger partial charge in [-0.25, -0.2) is 0 Å². The first-order chi connectivity index (χ1) is 8.72. The monoisotopic (exact) mass is 287 g/mol. The van der Waals surface area contributed by atoms with Crippen LogP contribution in [0, 0.1) is 0 Å². The SMILES string of the molecule is F.FF.NC1CCNCC1.ONc1ccc(O)cc1.[HH].[HH]. The lowest BCUT2D eigenvalue weighted by molar-refractivity contribution is 0.108. The Morgan fingerprint density at radius 3 is 2.00 bits per heavy atom. The third-order valence-electron chi connectivity index (χ3n) is 2.38. The van der Waals surface area contributed by atoms with Gasteiger partial charge in [-0.05, 0) is 50.2 Å². The molecule has 0 radical (unpaired) electrons. The number of hydrogen-bond acceptors (Lipinski definition) is 5. The molecule has 1 fully saturated rings. The number of phenols is 1. The van der Waals surface area contributed by atoms with Crippen molar-refractivity contribution >= 4 is 5.69 Å². The number of aromatic hydroxyl groups is 1. The maximum absolute atomic E-state index is 8.74. The van der Waals surface area contributed by atoms with E-state index in [-0.39, 0.29) is 13.3 Å². The van der Waals surface area contributed by atoms with Gasteiger partial charge in [0.1, 0.15) is 5.75 Å². The van der Waals surface area contributed by atoms with Crippen molar-refractivity contribution in [1.29, 1.82) is 0 Å². The Morgan fingerprint density at radius 2 is 1.68 bits per heavy atom. The van der Waals surface area contributed by atoms with Crippen LogP contribution in [0.4, 0.5) is 19.5 Å². The van der Waals surface area contributed by atoms with Crippen LogP contribution < -0.4 is 16.5 Å². The Hall–Kier alpha value is -1.51. The van der Waals surface area contributed by atoms with Crippen molar-refractivity contribution in [2.75, 3.05) is 18.6 Å². The molecule has 116 valence electrons. The van der Waals surface area contributed by atoms with E-state index in [9.17, 15) is 0 Å². The first-order valence-electron chi connectivity index (χ1n) is 5.52. The van der Waals surface area contributed by atoms with Crippen LogP contribution in [0.1, 0.15) is 15.7 Å². The average Bonchev–Trinajstić information content (AvgIpc) is 2.43. The highest BCUT2D eigenvalue weighted by Gasteiger charge is 2.05. The van der Waals surface area contributed by atoms with Crippen molar-refractivity contribution in [2.24, 2.45) is 5.73 Å². The molecule has 1 heterocycles. The predicted octanol–water partition coefficient (Wildman–Crippen LogP) is 2.38. The van der Waals surface area contributed by atoms with E-state index in [1.807, 2.05) is 5.48 Å². The van der Waals surface area contributed by atoms with Crippen LogP contribution in [0.15, 0.2) is 24.3 Å². The van der Waals surface area contributed by atoms with Gasteiger partial charge in [-0.3, -0.25) is 15.4 Å². The van der Waals surface area contributed by atoms with Crippen molar-refractivity contribution < 1.29 is 27.0 Å². The van der Waals surface area contributed by atoms with Crippen molar-refractivity contribution in [1.82, 2.24) is 5.32 Å². The molecule has 1 aromatic carbocycles. The minimum atomic E-state index is 0. The van der Waals surface area contributed by atoms with Crippen LogP contribution in [0.2, 0.25) is 0 Å². The van der Waals surface area contributed by atoms with Crippen molar-refractivity contribution in [3.05, 3.63) is 24.3 Å². The van der Waals surface area contributed by atoms with Gasteiger partial charge in [0.25, 0.3) is 0 Å². The van der Waals surface area contributed by atoms with E-state index >= 15 is 0 Å². The summed E-state index contributed by atoms with van der Waals surface area (Å²) in [5.41, 5.74) is 8.10. The third-order valence-corrected chi connectivity index (χ3v) is 2.38. The number of anilines is 1. The first-order valence-corrected chi connectivity index (χ1v) is 5.52. The van der Waals surface area contributed by atoms with Crippen molar-refractivity contribution in [3.8, 4) is 5.75 Å².